The van der Waals surface area contributed by atoms with Crippen molar-refractivity contribution in [2.24, 2.45) is 5.73 Å². The van der Waals surface area contributed by atoms with Gasteiger partial charge in [-0.3, -0.25) is 4.90 Å². The summed E-state index contributed by atoms with van der Waals surface area (Å²) >= 11 is 0. The van der Waals surface area contributed by atoms with Crippen molar-refractivity contribution in [3.63, 3.8) is 0 Å². The number of rotatable bonds is 7. The molecule has 0 aromatic heterocycles. The topological polar surface area (TPSA) is 58.7 Å². The van der Waals surface area contributed by atoms with E-state index in [0.717, 1.165) is 18.7 Å². The number of nitrogens with zero attached hydrogens (tertiary/aromatic N) is 1. The van der Waals surface area contributed by atoms with Crippen LogP contribution in [0.2, 0.25) is 0 Å². The molecule has 0 heterocycles. The van der Waals surface area contributed by atoms with E-state index in [-0.39, 0.29) is 0 Å². The Morgan fingerprint density at radius 2 is 2.17 bits per heavy atom. The van der Waals surface area contributed by atoms with E-state index >= 15 is 0 Å². The van der Waals surface area contributed by atoms with Gasteiger partial charge in [0.25, 0.3) is 0 Å². The summed E-state index contributed by atoms with van der Waals surface area (Å²) in [7, 11) is 3.67. The van der Waals surface area contributed by atoms with E-state index in [9.17, 15) is 5.11 Å². The lowest BCUT2D eigenvalue weighted by Gasteiger charge is -2.20. The van der Waals surface area contributed by atoms with Crippen molar-refractivity contribution >= 4 is 0 Å². The lowest BCUT2D eigenvalue weighted by atomic mass is 10.1. The minimum Gasteiger partial charge on any atom is -0.496 e. The third-order valence-corrected chi connectivity index (χ3v) is 2.97. The van der Waals surface area contributed by atoms with Crippen LogP contribution in [0.1, 0.15) is 18.1 Å². The van der Waals surface area contributed by atoms with Gasteiger partial charge in [-0.05, 0) is 30.7 Å². The standard InChI is InChI=1S/C14H24N2O2/c1-4-12-7-11(5-6-14(12)18-3)9-16(2)10-13(17)8-15/h5-7,13,17H,4,8-10,15H2,1-3H3. The van der Waals surface area contributed by atoms with Gasteiger partial charge in [0, 0.05) is 19.6 Å². The van der Waals surface area contributed by atoms with E-state index in [2.05, 4.69) is 24.0 Å². The van der Waals surface area contributed by atoms with Crippen LogP contribution in [0, 0.1) is 0 Å². The molecule has 3 N–H and O–H groups in total. The van der Waals surface area contributed by atoms with Crippen molar-refractivity contribution in [3.8, 4) is 5.75 Å². The van der Waals surface area contributed by atoms with Crippen molar-refractivity contribution in [3.05, 3.63) is 29.3 Å². The van der Waals surface area contributed by atoms with Crippen LogP contribution in [0.3, 0.4) is 0 Å². The van der Waals surface area contributed by atoms with Crippen molar-refractivity contribution in [2.75, 3.05) is 27.2 Å². The second-order valence-corrected chi connectivity index (χ2v) is 4.59. The molecule has 0 aliphatic carbocycles. The summed E-state index contributed by atoms with van der Waals surface area (Å²) in [5.41, 5.74) is 7.84. The maximum Gasteiger partial charge on any atom is 0.122 e. The van der Waals surface area contributed by atoms with Gasteiger partial charge >= 0.3 is 0 Å². The van der Waals surface area contributed by atoms with Crippen molar-refractivity contribution in [2.45, 2.75) is 26.0 Å². The SMILES string of the molecule is CCc1cc(CN(C)CC(O)CN)ccc1OC. The Morgan fingerprint density at radius 3 is 2.72 bits per heavy atom. The fraction of sp³-hybridized carbons (Fsp3) is 0.571. The number of likely N-dealkylation sites (N-methyl/N-ethyl adjacent to an activating group) is 1. The number of methoxy groups -OCH3 is 1. The number of benzene rings is 1. The molecule has 4 heteroatoms. The molecule has 0 saturated carbocycles. The fourth-order valence-electron chi connectivity index (χ4n) is 2.02. The predicted octanol–water partition coefficient (Wildman–Crippen LogP) is 1.01. The number of hydrogen-bond donors (Lipinski definition) is 2. The first kappa shape index (κ1) is 15.0. The molecule has 0 aliphatic rings. The summed E-state index contributed by atoms with van der Waals surface area (Å²) in [5.74, 6) is 0.936. The molecule has 1 atom stereocenters. The highest BCUT2D eigenvalue weighted by Gasteiger charge is 2.08. The van der Waals surface area contributed by atoms with Crippen LogP contribution < -0.4 is 10.5 Å². The Bertz CT molecular complexity index is 369. The van der Waals surface area contributed by atoms with Crippen LogP contribution in [0.25, 0.3) is 0 Å². The van der Waals surface area contributed by atoms with Crippen LogP contribution in [-0.4, -0.2) is 43.4 Å². The number of aliphatic hydroxyl groups excluding tert-OH is 1. The predicted molar refractivity (Wildman–Crippen MR) is 73.8 cm³/mol. The summed E-state index contributed by atoms with van der Waals surface area (Å²) in [6, 6.07) is 6.22. The normalized spacial score (nSPS) is 12.8. The summed E-state index contributed by atoms with van der Waals surface area (Å²) in [6.07, 6.45) is 0.491. The number of ether oxygens (including phenoxy) is 1. The summed E-state index contributed by atoms with van der Waals surface area (Å²) in [4.78, 5) is 2.07. The Kier molecular flexibility index (Phi) is 6.12. The maximum atomic E-state index is 9.50. The molecular formula is C14H24N2O2. The molecule has 1 aromatic rings. The molecule has 1 unspecified atom stereocenters. The molecule has 0 radical (unpaired) electrons. The van der Waals surface area contributed by atoms with Gasteiger partial charge in [-0.15, -0.1) is 0 Å². The zero-order valence-electron chi connectivity index (χ0n) is 11.5. The molecule has 0 aliphatic heterocycles. The summed E-state index contributed by atoms with van der Waals surface area (Å²) in [6.45, 7) is 3.80. The largest absolute Gasteiger partial charge is 0.496 e. The van der Waals surface area contributed by atoms with Gasteiger partial charge in [0.2, 0.25) is 0 Å². The van der Waals surface area contributed by atoms with E-state index in [1.54, 1.807) is 7.11 Å². The Hall–Kier alpha value is -1.10. The lowest BCUT2D eigenvalue weighted by Crippen LogP contribution is -2.33. The van der Waals surface area contributed by atoms with Crippen LogP contribution in [0.5, 0.6) is 5.75 Å². The first-order chi connectivity index (χ1) is 8.60. The van der Waals surface area contributed by atoms with Crippen LogP contribution >= 0.6 is 0 Å². The zero-order valence-corrected chi connectivity index (χ0v) is 11.5. The number of nitrogens with two attached hydrogens (primary N) is 1. The monoisotopic (exact) mass is 252 g/mol. The minimum absolute atomic E-state index is 0.299. The second kappa shape index (κ2) is 7.36. The van der Waals surface area contributed by atoms with Crippen molar-refractivity contribution in [1.82, 2.24) is 4.90 Å². The molecule has 0 spiro atoms. The number of aliphatic hydroxyl groups is 1. The maximum absolute atomic E-state index is 9.50. The third-order valence-electron chi connectivity index (χ3n) is 2.97. The van der Waals surface area contributed by atoms with Gasteiger partial charge in [0.05, 0.1) is 13.2 Å². The van der Waals surface area contributed by atoms with Crippen molar-refractivity contribution in [1.29, 1.82) is 0 Å². The van der Waals surface area contributed by atoms with Gasteiger partial charge in [-0.2, -0.15) is 0 Å². The molecule has 0 saturated heterocycles. The highest BCUT2D eigenvalue weighted by molar-refractivity contribution is 5.37. The quantitative estimate of drug-likeness (QED) is 0.760. The first-order valence-electron chi connectivity index (χ1n) is 6.33. The number of aryl methyl sites for hydroxylation is 1. The summed E-state index contributed by atoms with van der Waals surface area (Å²) < 4.78 is 5.31. The van der Waals surface area contributed by atoms with E-state index < -0.39 is 6.10 Å². The minimum atomic E-state index is -0.459. The van der Waals surface area contributed by atoms with E-state index in [0.29, 0.717) is 13.1 Å². The molecule has 0 amide bonds. The highest BCUT2D eigenvalue weighted by atomic mass is 16.5. The van der Waals surface area contributed by atoms with Crippen LogP contribution in [0.4, 0.5) is 0 Å². The molecule has 0 fully saturated rings. The van der Waals surface area contributed by atoms with E-state index in [4.69, 9.17) is 10.5 Å². The fourth-order valence-corrected chi connectivity index (χ4v) is 2.02. The summed E-state index contributed by atoms with van der Waals surface area (Å²) in [5, 5.41) is 9.50. The average Bonchev–Trinajstić information content (AvgIpc) is 2.38. The molecule has 0 bridgehead atoms. The van der Waals surface area contributed by atoms with E-state index in [1.807, 2.05) is 13.1 Å². The average molecular weight is 252 g/mol. The zero-order chi connectivity index (χ0) is 13.5. The lowest BCUT2D eigenvalue weighted by molar-refractivity contribution is 0.129. The van der Waals surface area contributed by atoms with Gasteiger partial charge in [0.15, 0.2) is 0 Å². The van der Waals surface area contributed by atoms with Crippen molar-refractivity contribution < 1.29 is 9.84 Å². The molecule has 102 valence electrons. The Morgan fingerprint density at radius 1 is 1.44 bits per heavy atom. The molecule has 1 aromatic carbocycles. The van der Waals surface area contributed by atoms with E-state index in [1.165, 1.54) is 11.1 Å². The highest BCUT2D eigenvalue weighted by Crippen LogP contribution is 2.20. The second-order valence-electron chi connectivity index (χ2n) is 4.59. The third kappa shape index (κ3) is 4.29. The van der Waals surface area contributed by atoms with Gasteiger partial charge in [0.1, 0.15) is 5.75 Å². The van der Waals surface area contributed by atoms with Gasteiger partial charge < -0.3 is 15.6 Å². The number of hydrogen-bond acceptors (Lipinski definition) is 4. The van der Waals surface area contributed by atoms with Crippen LogP contribution in [0.15, 0.2) is 18.2 Å². The smallest absolute Gasteiger partial charge is 0.122 e. The van der Waals surface area contributed by atoms with Gasteiger partial charge in [-0.1, -0.05) is 19.1 Å². The molecular weight excluding hydrogens is 228 g/mol. The Labute approximate surface area is 109 Å². The first-order valence-corrected chi connectivity index (χ1v) is 6.33. The Balaban J connectivity index is 2.67. The molecule has 4 nitrogen and oxygen atoms in total. The molecule has 1 rings (SSSR count). The van der Waals surface area contributed by atoms with Gasteiger partial charge in [-0.25, -0.2) is 0 Å². The molecule has 18 heavy (non-hydrogen) atoms. The van der Waals surface area contributed by atoms with Crippen LogP contribution in [-0.2, 0) is 13.0 Å².